The Morgan fingerprint density at radius 1 is 1.00 bits per heavy atom. The fourth-order valence-electron chi connectivity index (χ4n) is 5.39. The second-order valence-corrected chi connectivity index (χ2v) is 12.2. The maximum Gasteiger partial charge on any atom is 0.418 e. The summed E-state index contributed by atoms with van der Waals surface area (Å²) < 4.78 is 47.3. The van der Waals surface area contributed by atoms with E-state index in [1.807, 2.05) is 25.1 Å². The van der Waals surface area contributed by atoms with Crippen molar-refractivity contribution in [3.05, 3.63) is 104 Å². The number of fused-ring (bicyclic) bond motifs is 2. The lowest BCUT2D eigenvalue weighted by molar-refractivity contribution is -0.137. The van der Waals surface area contributed by atoms with Gasteiger partial charge in [0.1, 0.15) is 11.0 Å². The van der Waals surface area contributed by atoms with E-state index in [0.717, 1.165) is 40.8 Å². The molecule has 4 aromatic rings. The number of aromatic nitrogens is 1. The van der Waals surface area contributed by atoms with Gasteiger partial charge < -0.3 is 15.0 Å². The highest BCUT2D eigenvalue weighted by molar-refractivity contribution is 8.00. The molecule has 43 heavy (non-hydrogen) atoms. The number of imide groups is 1. The monoisotopic (exact) mass is 625 g/mol. The first-order chi connectivity index (χ1) is 20.5. The summed E-state index contributed by atoms with van der Waals surface area (Å²) in [5, 5.41) is 2.07. The Bertz CT molecular complexity index is 1820. The van der Waals surface area contributed by atoms with Gasteiger partial charge in [-0.3, -0.25) is 19.2 Å². The fourth-order valence-corrected chi connectivity index (χ4v) is 7.90. The number of carbonyl (C=O) groups is 3. The smallest absolute Gasteiger partial charge is 0.418 e. The van der Waals surface area contributed by atoms with E-state index >= 15 is 0 Å². The van der Waals surface area contributed by atoms with Crippen molar-refractivity contribution in [1.82, 2.24) is 4.98 Å². The molecule has 2 aliphatic heterocycles. The lowest BCUT2D eigenvalue weighted by Crippen LogP contribution is -2.33. The highest BCUT2D eigenvalue weighted by Gasteiger charge is 2.57. The molecule has 0 radical (unpaired) electrons. The van der Waals surface area contributed by atoms with Crippen LogP contribution in [-0.4, -0.2) is 34.6 Å². The van der Waals surface area contributed by atoms with Crippen molar-refractivity contribution in [1.29, 1.82) is 0 Å². The average Bonchev–Trinajstić information content (AvgIpc) is 3.45. The summed E-state index contributed by atoms with van der Waals surface area (Å²) in [4.78, 5) is 55.8. The zero-order valence-electron chi connectivity index (χ0n) is 22.3. The zero-order chi connectivity index (χ0) is 30.5. The molecule has 8 nitrogen and oxygen atoms in total. The van der Waals surface area contributed by atoms with Crippen LogP contribution in [0.5, 0.6) is 5.75 Å². The van der Waals surface area contributed by atoms with Crippen molar-refractivity contribution in [2.45, 2.75) is 29.3 Å². The number of carbonyl (C=O) groups excluding carboxylic acids is 3. The molecule has 0 saturated carbocycles. The molecule has 13 heteroatoms. The number of ether oxygens (including phenoxy) is 1. The van der Waals surface area contributed by atoms with Crippen LogP contribution in [-0.2, 0) is 20.6 Å². The molecule has 2 aliphatic rings. The number of H-pyrrole nitrogens is 1. The van der Waals surface area contributed by atoms with E-state index in [1.165, 1.54) is 12.1 Å². The van der Waals surface area contributed by atoms with Gasteiger partial charge in [0.05, 0.1) is 22.2 Å². The van der Waals surface area contributed by atoms with E-state index in [0.29, 0.717) is 31.8 Å². The van der Waals surface area contributed by atoms with E-state index in [9.17, 15) is 32.3 Å². The molecule has 3 amide bonds. The van der Waals surface area contributed by atoms with Crippen LogP contribution in [0.1, 0.15) is 27.5 Å². The van der Waals surface area contributed by atoms with Crippen molar-refractivity contribution in [3.63, 3.8) is 0 Å². The number of amides is 3. The quantitative estimate of drug-likeness (QED) is 0.271. The van der Waals surface area contributed by atoms with E-state index in [2.05, 4.69) is 10.3 Å². The summed E-state index contributed by atoms with van der Waals surface area (Å²) in [7, 11) is 0. The van der Waals surface area contributed by atoms with Crippen LogP contribution >= 0.6 is 23.1 Å². The summed E-state index contributed by atoms with van der Waals surface area (Å²) in [6.45, 7) is 1.58. The lowest BCUT2D eigenvalue weighted by atomic mass is 9.83. The summed E-state index contributed by atoms with van der Waals surface area (Å²) in [6.07, 6.45) is -4.79. The number of benzene rings is 3. The molecular weight excluding hydrogens is 603 g/mol. The molecule has 0 bridgehead atoms. The largest absolute Gasteiger partial charge is 0.484 e. The number of rotatable bonds is 6. The van der Waals surface area contributed by atoms with Crippen LogP contribution in [0.2, 0.25) is 0 Å². The Morgan fingerprint density at radius 3 is 2.53 bits per heavy atom. The van der Waals surface area contributed by atoms with Crippen LogP contribution < -0.4 is 19.8 Å². The predicted molar refractivity (Wildman–Crippen MR) is 156 cm³/mol. The standard InChI is InChI=1S/C30H22F3N3O5S2/c1-15-6-4-8-17(12-15)34-21(37)14-41-18-9-5-7-16(13-18)22-23-25(42-26-24(22)43-29(40)35-26)28(39)36(27(23)38)20-11-3-2-10-19(20)30(31,32)33/h2-13,22-23,25H,14H2,1H3,(H,34,37)(H,35,40). The number of thiazole rings is 1. The molecule has 1 saturated heterocycles. The molecule has 0 spiro atoms. The van der Waals surface area contributed by atoms with E-state index in [4.69, 9.17) is 4.74 Å². The maximum atomic E-state index is 13.9. The van der Waals surface area contributed by atoms with Gasteiger partial charge in [-0.05, 0) is 54.4 Å². The number of thioether (sulfide) groups is 1. The van der Waals surface area contributed by atoms with Crippen molar-refractivity contribution >= 4 is 52.2 Å². The van der Waals surface area contributed by atoms with Crippen LogP contribution in [0.25, 0.3) is 0 Å². The molecular formula is C30H22F3N3O5S2. The normalized spacial score (nSPS) is 19.6. The zero-order valence-corrected chi connectivity index (χ0v) is 23.9. The molecule has 3 aromatic carbocycles. The Kier molecular flexibility index (Phi) is 7.38. The molecule has 2 N–H and O–H groups in total. The van der Waals surface area contributed by atoms with Crippen LogP contribution in [0.4, 0.5) is 24.5 Å². The topological polar surface area (TPSA) is 109 Å². The number of alkyl halides is 3. The van der Waals surface area contributed by atoms with Crippen molar-refractivity contribution in [2.75, 3.05) is 16.8 Å². The highest BCUT2D eigenvalue weighted by atomic mass is 32.2. The number of aryl methyl sites for hydroxylation is 1. The second kappa shape index (κ2) is 11.0. The molecule has 3 atom stereocenters. The first-order valence-corrected chi connectivity index (χ1v) is 14.7. The van der Waals surface area contributed by atoms with Crippen molar-refractivity contribution < 1.29 is 32.3 Å². The Labute approximate surface area is 250 Å². The minimum absolute atomic E-state index is 0.298. The highest BCUT2D eigenvalue weighted by Crippen LogP contribution is 2.54. The van der Waals surface area contributed by atoms with E-state index in [1.54, 1.807) is 30.3 Å². The van der Waals surface area contributed by atoms with Crippen molar-refractivity contribution in [3.8, 4) is 5.75 Å². The Morgan fingerprint density at radius 2 is 1.77 bits per heavy atom. The van der Waals surface area contributed by atoms with Gasteiger partial charge in [0.15, 0.2) is 6.61 Å². The number of halogens is 3. The summed E-state index contributed by atoms with van der Waals surface area (Å²) in [5.41, 5.74) is 0.466. The lowest BCUT2D eigenvalue weighted by Gasteiger charge is -2.30. The number of nitrogens with zero attached hydrogens (tertiary/aromatic N) is 1. The van der Waals surface area contributed by atoms with Gasteiger partial charge in [0.25, 0.3) is 5.91 Å². The summed E-state index contributed by atoms with van der Waals surface area (Å²) in [5.74, 6) is -3.59. The minimum Gasteiger partial charge on any atom is -0.484 e. The van der Waals surface area contributed by atoms with Gasteiger partial charge in [-0.1, -0.05) is 59.5 Å². The molecule has 3 heterocycles. The first kappa shape index (κ1) is 28.7. The summed E-state index contributed by atoms with van der Waals surface area (Å²) in [6, 6.07) is 18.3. The van der Waals surface area contributed by atoms with Crippen LogP contribution in [0.3, 0.4) is 0 Å². The molecule has 3 unspecified atom stereocenters. The number of aromatic amines is 1. The number of hydrogen-bond donors (Lipinski definition) is 2. The second-order valence-electron chi connectivity index (χ2n) is 10.1. The van der Waals surface area contributed by atoms with Gasteiger partial charge in [-0.2, -0.15) is 13.2 Å². The van der Waals surface area contributed by atoms with Crippen LogP contribution in [0.15, 0.2) is 82.6 Å². The SMILES string of the molecule is Cc1cccc(NC(=O)COc2cccc(C3c4sc(=O)[nH]c4SC4C(=O)N(c5ccccc5C(F)(F)F)C(=O)C43)c2)c1. The average molecular weight is 626 g/mol. The first-order valence-electron chi connectivity index (χ1n) is 13.0. The number of nitrogens with one attached hydrogen (secondary N) is 2. The fraction of sp³-hybridized carbons (Fsp3) is 0.200. The van der Waals surface area contributed by atoms with Crippen LogP contribution in [0, 0.1) is 12.8 Å². The number of hydrogen-bond acceptors (Lipinski definition) is 7. The van der Waals surface area contributed by atoms with Gasteiger partial charge in [-0.15, -0.1) is 0 Å². The van der Waals surface area contributed by atoms with Gasteiger partial charge in [0.2, 0.25) is 11.8 Å². The Balaban J connectivity index is 1.32. The van der Waals surface area contributed by atoms with Gasteiger partial charge >= 0.3 is 11.0 Å². The molecule has 1 aromatic heterocycles. The molecule has 1 fully saturated rings. The number of para-hydroxylation sites is 1. The summed E-state index contributed by atoms with van der Waals surface area (Å²) >= 11 is 1.85. The van der Waals surface area contributed by atoms with E-state index in [-0.39, 0.29) is 11.5 Å². The number of anilines is 2. The van der Waals surface area contributed by atoms with Gasteiger partial charge in [0, 0.05) is 16.5 Å². The third-order valence-electron chi connectivity index (χ3n) is 7.16. The van der Waals surface area contributed by atoms with Crippen molar-refractivity contribution in [2.24, 2.45) is 5.92 Å². The minimum atomic E-state index is -4.79. The third-order valence-corrected chi connectivity index (χ3v) is 9.56. The molecule has 0 aliphatic carbocycles. The Hall–Kier alpha value is -4.36. The van der Waals surface area contributed by atoms with Gasteiger partial charge in [-0.25, -0.2) is 4.90 Å². The maximum absolute atomic E-state index is 13.9. The molecule has 6 rings (SSSR count). The third kappa shape index (κ3) is 5.45. The molecule has 220 valence electrons. The van der Waals surface area contributed by atoms with E-state index < -0.39 is 52.2 Å². The predicted octanol–water partition coefficient (Wildman–Crippen LogP) is 5.58.